The van der Waals surface area contributed by atoms with Crippen LogP contribution in [0.25, 0.3) is 5.69 Å². The quantitative estimate of drug-likeness (QED) is 0.491. The molecule has 0 fully saturated rings. The second kappa shape index (κ2) is 9.82. The van der Waals surface area contributed by atoms with Crippen LogP contribution in [0.5, 0.6) is 0 Å². The highest BCUT2D eigenvalue weighted by atomic mass is 32.2. The van der Waals surface area contributed by atoms with Gasteiger partial charge in [-0.3, -0.25) is 4.79 Å². The summed E-state index contributed by atoms with van der Waals surface area (Å²) < 4.78 is 48.0. The van der Waals surface area contributed by atoms with Crippen LogP contribution in [0.15, 0.2) is 60.0 Å². The Labute approximate surface area is 180 Å². The highest BCUT2D eigenvalue weighted by Crippen LogP contribution is 2.17. The average molecular weight is 447 g/mol. The van der Waals surface area contributed by atoms with E-state index in [1.807, 2.05) is 0 Å². The molecule has 10 heteroatoms. The zero-order valence-corrected chi connectivity index (χ0v) is 17.9. The molecule has 1 amide bonds. The molecule has 2 N–H and O–H groups in total. The Morgan fingerprint density at radius 2 is 2.03 bits per heavy atom. The minimum Gasteiger partial charge on any atom is -0.383 e. The summed E-state index contributed by atoms with van der Waals surface area (Å²) in [5.74, 6) is -0.901. The summed E-state index contributed by atoms with van der Waals surface area (Å²) >= 11 is 0. The van der Waals surface area contributed by atoms with E-state index in [0.29, 0.717) is 16.8 Å². The molecule has 0 aliphatic rings. The summed E-state index contributed by atoms with van der Waals surface area (Å²) in [7, 11) is -2.30. The third-order valence-electron chi connectivity index (χ3n) is 4.61. The molecule has 3 aromatic rings. The Balaban J connectivity index is 1.71. The van der Waals surface area contributed by atoms with Crippen molar-refractivity contribution in [2.75, 3.05) is 20.3 Å². The summed E-state index contributed by atoms with van der Waals surface area (Å²) in [5.41, 5.74) is 1.76. The largest absolute Gasteiger partial charge is 0.383 e. The first-order valence-electron chi connectivity index (χ1n) is 9.46. The number of halogens is 1. The average Bonchev–Trinajstić information content (AvgIpc) is 3.27. The van der Waals surface area contributed by atoms with Crippen LogP contribution in [0.2, 0.25) is 0 Å². The molecular formula is C21H23FN4O4S. The van der Waals surface area contributed by atoms with E-state index in [1.165, 1.54) is 31.6 Å². The normalized spacial score (nSPS) is 11.5. The van der Waals surface area contributed by atoms with Crippen LogP contribution in [-0.2, 0) is 21.3 Å². The molecule has 0 unspecified atom stereocenters. The highest BCUT2D eigenvalue weighted by molar-refractivity contribution is 7.89. The van der Waals surface area contributed by atoms with Crippen LogP contribution < -0.4 is 10.0 Å². The van der Waals surface area contributed by atoms with Gasteiger partial charge in [0, 0.05) is 38.2 Å². The van der Waals surface area contributed by atoms with Gasteiger partial charge in [0.25, 0.3) is 5.91 Å². The molecule has 1 heterocycles. The van der Waals surface area contributed by atoms with Gasteiger partial charge in [-0.25, -0.2) is 22.5 Å². The Hall–Kier alpha value is -3.08. The van der Waals surface area contributed by atoms with Crippen molar-refractivity contribution >= 4 is 15.9 Å². The number of carbonyl (C=O) groups is 1. The number of imidazole rings is 1. The molecule has 3 rings (SSSR count). The van der Waals surface area contributed by atoms with Crippen molar-refractivity contribution in [3.8, 4) is 5.69 Å². The van der Waals surface area contributed by atoms with E-state index < -0.39 is 21.7 Å². The van der Waals surface area contributed by atoms with Crippen molar-refractivity contribution in [3.05, 3.63) is 77.6 Å². The number of aromatic nitrogens is 2. The van der Waals surface area contributed by atoms with Crippen molar-refractivity contribution in [2.45, 2.75) is 18.4 Å². The van der Waals surface area contributed by atoms with Gasteiger partial charge in [-0.1, -0.05) is 12.1 Å². The van der Waals surface area contributed by atoms with Crippen molar-refractivity contribution in [1.82, 2.24) is 19.6 Å². The number of rotatable bonds is 9. The summed E-state index contributed by atoms with van der Waals surface area (Å²) in [6.07, 6.45) is 4.68. The SMILES string of the molecule is COCCNS(=O)(=O)c1ccc(C)c(C(=O)NCc2ccc(-n3ccnc3)c(F)c2)c1. The van der Waals surface area contributed by atoms with Crippen molar-refractivity contribution in [1.29, 1.82) is 0 Å². The van der Waals surface area contributed by atoms with Gasteiger partial charge in [0.15, 0.2) is 0 Å². The molecule has 0 aliphatic heterocycles. The van der Waals surface area contributed by atoms with Crippen LogP contribution in [0, 0.1) is 12.7 Å². The molecule has 0 bridgehead atoms. The fourth-order valence-corrected chi connectivity index (χ4v) is 3.96. The van der Waals surface area contributed by atoms with Gasteiger partial charge in [-0.15, -0.1) is 0 Å². The van der Waals surface area contributed by atoms with E-state index >= 15 is 0 Å². The van der Waals surface area contributed by atoms with E-state index in [-0.39, 0.29) is 30.2 Å². The standard InChI is InChI=1S/C21H23FN4O4S/c1-15-3-5-17(31(28,29)25-8-10-30-2)12-18(15)21(27)24-13-16-4-6-20(19(22)11-16)26-9-7-23-14-26/h3-7,9,11-12,14,25H,8,10,13H2,1-2H3,(H,24,27). The molecule has 0 spiro atoms. The maximum Gasteiger partial charge on any atom is 0.251 e. The van der Waals surface area contributed by atoms with Gasteiger partial charge in [-0.2, -0.15) is 0 Å². The monoisotopic (exact) mass is 446 g/mol. The number of carbonyl (C=O) groups excluding carboxylic acids is 1. The first-order chi connectivity index (χ1) is 14.8. The Bertz CT molecular complexity index is 1160. The number of sulfonamides is 1. The molecule has 0 saturated carbocycles. The lowest BCUT2D eigenvalue weighted by Crippen LogP contribution is -2.28. The van der Waals surface area contributed by atoms with Gasteiger partial charge in [0.2, 0.25) is 10.0 Å². The lowest BCUT2D eigenvalue weighted by Gasteiger charge is -2.12. The van der Waals surface area contributed by atoms with E-state index in [0.717, 1.165) is 0 Å². The van der Waals surface area contributed by atoms with Gasteiger partial charge in [0.1, 0.15) is 5.82 Å². The Kier molecular flexibility index (Phi) is 7.16. The molecule has 164 valence electrons. The predicted molar refractivity (Wildman–Crippen MR) is 113 cm³/mol. The van der Waals surface area contributed by atoms with Crippen molar-refractivity contribution in [3.63, 3.8) is 0 Å². The fourth-order valence-electron chi connectivity index (χ4n) is 2.92. The molecule has 0 atom stereocenters. The third-order valence-corrected chi connectivity index (χ3v) is 6.07. The number of benzene rings is 2. The second-order valence-electron chi connectivity index (χ2n) is 6.81. The van der Waals surface area contributed by atoms with Crippen molar-refractivity contribution in [2.24, 2.45) is 0 Å². The summed E-state index contributed by atoms with van der Waals surface area (Å²) in [6, 6.07) is 8.96. The molecule has 1 aromatic heterocycles. The lowest BCUT2D eigenvalue weighted by atomic mass is 10.1. The lowest BCUT2D eigenvalue weighted by molar-refractivity contribution is 0.0950. The van der Waals surface area contributed by atoms with Crippen molar-refractivity contribution < 1.29 is 22.3 Å². The van der Waals surface area contributed by atoms with Gasteiger partial charge in [0.05, 0.1) is 23.5 Å². The second-order valence-corrected chi connectivity index (χ2v) is 8.57. The molecule has 0 aliphatic carbocycles. The fraction of sp³-hybridized carbons (Fsp3) is 0.238. The summed E-state index contributed by atoms with van der Waals surface area (Å²) in [4.78, 5) is 16.5. The van der Waals surface area contributed by atoms with Crippen LogP contribution in [0.4, 0.5) is 4.39 Å². The number of amides is 1. The molecular weight excluding hydrogens is 423 g/mol. The number of nitrogens with one attached hydrogen (secondary N) is 2. The number of methoxy groups -OCH3 is 1. The van der Waals surface area contributed by atoms with Gasteiger partial charge >= 0.3 is 0 Å². The summed E-state index contributed by atoms with van der Waals surface area (Å²) in [6.45, 7) is 2.15. The maximum absolute atomic E-state index is 14.4. The van der Waals surface area contributed by atoms with Crippen LogP contribution >= 0.6 is 0 Å². The number of nitrogens with zero attached hydrogens (tertiary/aromatic N) is 2. The molecule has 8 nitrogen and oxygen atoms in total. The zero-order valence-electron chi connectivity index (χ0n) is 17.1. The minimum atomic E-state index is -3.77. The number of aryl methyl sites for hydroxylation is 1. The molecule has 2 aromatic carbocycles. The maximum atomic E-state index is 14.4. The summed E-state index contributed by atoms with van der Waals surface area (Å²) in [5, 5.41) is 2.71. The Morgan fingerprint density at radius 1 is 1.23 bits per heavy atom. The molecule has 0 saturated heterocycles. The van der Waals surface area contributed by atoms with Crippen LogP contribution in [0.3, 0.4) is 0 Å². The van der Waals surface area contributed by atoms with E-state index in [2.05, 4.69) is 15.0 Å². The van der Waals surface area contributed by atoms with Gasteiger partial charge in [-0.05, 0) is 42.3 Å². The highest BCUT2D eigenvalue weighted by Gasteiger charge is 2.18. The number of hydrogen-bond donors (Lipinski definition) is 2. The van der Waals surface area contributed by atoms with Crippen LogP contribution in [-0.4, -0.2) is 44.1 Å². The molecule has 31 heavy (non-hydrogen) atoms. The Morgan fingerprint density at radius 3 is 2.71 bits per heavy atom. The minimum absolute atomic E-state index is 0.0184. The van der Waals surface area contributed by atoms with Crippen LogP contribution in [0.1, 0.15) is 21.5 Å². The smallest absolute Gasteiger partial charge is 0.251 e. The van der Waals surface area contributed by atoms with E-state index in [9.17, 15) is 17.6 Å². The predicted octanol–water partition coefficient (Wildman–Crippen LogP) is 2.17. The first kappa shape index (κ1) is 22.6. The van der Waals surface area contributed by atoms with E-state index in [4.69, 9.17) is 4.74 Å². The zero-order chi connectivity index (χ0) is 22.4. The van der Waals surface area contributed by atoms with E-state index in [1.54, 1.807) is 42.1 Å². The first-order valence-corrected chi connectivity index (χ1v) is 10.9. The third kappa shape index (κ3) is 5.54. The number of ether oxygens (including phenoxy) is 1. The molecule has 0 radical (unpaired) electrons. The van der Waals surface area contributed by atoms with Gasteiger partial charge < -0.3 is 14.6 Å². The number of hydrogen-bond acceptors (Lipinski definition) is 5. The topological polar surface area (TPSA) is 102 Å².